The largest absolute Gasteiger partial charge is 0.461 e. The topological polar surface area (TPSA) is 52.6 Å². The van der Waals surface area contributed by atoms with E-state index in [0.717, 1.165) is 17.2 Å². The minimum atomic E-state index is -0.463. The third kappa shape index (κ3) is 4.97. The van der Waals surface area contributed by atoms with Gasteiger partial charge in [0.05, 0.1) is 0 Å². The lowest BCUT2D eigenvalue weighted by Crippen LogP contribution is -2.02. The van der Waals surface area contributed by atoms with Crippen LogP contribution in [0, 0.1) is 0 Å². The molecule has 0 aromatic heterocycles. The Morgan fingerprint density at radius 2 is 1.82 bits per heavy atom. The van der Waals surface area contributed by atoms with E-state index in [4.69, 9.17) is 9.47 Å². The Balaban J connectivity index is 2.56. The van der Waals surface area contributed by atoms with E-state index in [0.29, 0.717) is 0 Å². The van der Waals surface area contributed by atoms with Gasteiger partial charge in [-0.15, -0.1) is 0 Å². The highest BCUT2D eigenvalue weighted by Crippen LogP contribution is 2.08. The first-order valence-electron chi connectivity index (χ1n) is 5.12. The quantitative estimate of drug-likeness (QED) is 0.577. The molecule has 0 aliphatic heterocycles. The van der Waals surface area contributed by atoms with Gasteiger partial charge in [0.25, 0.3) is 0 Å². The summed E-state index contributed by atoms with van der Waals surface area (Å²) in [5, 5.41) is 0. The summed E-state index contributed by atoms with van der Waals surface area (Å²) in [6, 6.07) is 7.30. The van der Waals surface area contributed by atoms with Crippen molar-refractivity contribution in [2.45, 2.75) is 20.1 Å². The lowest BCUT2D eigenvalue weighted by atomic mass is 10.1. The number of rotatable bonds is 5. The Kier molecular flexibility index (Phi) is 4.94. The Hall–Kier alpha value is -2.10. The Morgan fingerprint density at radius 1 is 1.24 bits per heavy atom. The number of ether oxygens (including phenoxy) is 2. The van der Waals surface area contributed by atoms with Gasteiger partial charge in [0.15, 0.2) is 0 Å². The zero-order valence-electron chi connectivity index (χ0n) is 9.64. The number of hydrogen-bond donors (Lipinski definition) is 0. The molecule has 0 fully saturated rings. The van der Waals surface area contributed by atoms with Crippen molar-refractivity contribution in [1.29, 1.82) is 0 Å². The summed E-state index contributed by atoms with van der Waals surface area (Å²) in [6.07, 6.45) is 1.11. The second-order valence-electron chi connectivity index (χ2n) is 3.41. The summed E-state index contributed by atoms with van der Waals surface area (Å²) >= 11 is 0. The van der Waals surface area contributed by atoms with Crippen LogP contribution >= 0.6 is 0 Å². The van der Waals surface area contributed by atoms with Crippen molar-refractivity contribution < 1.29 is 19.1 Å². The summed E-state index contributed by atoms with van der Waals surface area (Å²) in [5.74, 6) is -0.788. The first-order valence-corrected chi connectivity index (χ1v) is 5.12. The maximum Gasteiger partial charge on any atom is 0.330 e. The summed E-state index contributed by atoms with van der Waals surface area (Å²) in [6.45, 7) is 5.06. The number of carbonyl (C=O) groups excluding carboxylic acids is 2. The predicted molar refractivity (Wildman–Crippen MR) is 61.9 cm³/mol. The second kappa shape index (κ2) is 6.48. The molecule has 1 aromatic carbocycles. The SMILES string of the molecule is C=CC(=O)OCc1cccc(COC(C)=O)c1. The van der Waals surface area contributed by atoms with Gasteiger partial charge in [-0.05, 0) is 17.2 Å². The van der Waals surface area contributed by atoms with Crippen molar-refractivity contribution in [3.8, 4) is 0 Å². The fraction of sp³-hybridized carbons (Fsp3) is 0.231. The first kappa shape index (κ1) is 13.0. The van der Waals surface area contributed by atoms with E-state index < -0.39 is 5.97 Å². The van der Waals surface area contributed by atoms with E-state index in [1.807, 2.05) is 24.3 Å². The number of carbonyl (C=O) groups is 2. The van der Waals surface area contributed by atoms with E-state index in [2.05, 4.69) is 6.58 Å². The normalized spacial score (nSPS) is 9.47. The zero-order chi connectivity index (χ0) is 12.7. The van der Waals surface area contributed by atoms with Crippen molar-refractivity contribution in [3.63, 3.8) is 0 Å². The highest BCUT2D eigenvalue weighted by molar-refractivity contribution is 5.81. The standard InChI is InChI=1S/C13H14O4/c1-3-13(15)17-9-12-6-4-5-11(7-12)8-16-10(2)14/h3-7H,1,8-9H2,2H3. The van der Waals surface area contributed by atoms with Crippen LogP contribution in [0.4, 0.5) is 0 Å². The molecule has 0 saturated carbocycles. The van der Waals surface area contributed by atoms with Gasteiger partial charge < -0.3 is 9.47 Å². The van der Waals surface area contributed by atoms with Gasteiger partial charge in [0.2, 0.25) is 0 Å². The van der Waals surface area contributed by atoms with E-state index in [9.17, 15) is 9.59 Å². The molecule has 0 amide bonds. The third-order valence-corrected chi connectivity index (χ3v) is 1.98. The van der Waals surface area contributed by atoms with E-state index >= 15 is 0 Å². The summed E-state index contributed by atoms with van der Waals surface area (Å²) in [7, 11) is 0. The molecular weight excluding hydrogens is 220 g/mol. The average molecular weight is 234 g/mol. The average Bonchev–Trinajstić information content (AvgIpc) is 2.34. The van der Waals surface area contributed by atoms with Gasteiger partial charge in [-0.1, -0.05) is 24.8 Å². The van der Waals surface area contributed by atoms with Crippen LogP contribution in [0.15, 0.2) is 36.9 Å². The molecule has 0 saturated heterocycles. The van der Waals surface area contributed by atoms with Gasteiger partial charge in [-0.2, -0.15) is 0 Å². The van der Waals surface area contributed by atoms with Crippen molar-refractivity contribution in [2.75, 3.05) is 0 Å². The molecule has 1 rings (SSSR count). The van der Waals surface area contributed by atoms with Crippen molar-refractivity contribution >= 4 is 11.9 Å². The fourth-order valence-electron chi connectivity index (χ4n) is 1.21. The predicted octanol–water partition coefficient (Wildman–Crippen LogP) is 1.98. The monoisotopic (exact) mass is 234 g/mol. The lowest BCUT2D eigenvalue weighted by molar-refractivity contribution is -0.142. The highest BCUT2D eigenvalue weighted by Gasteiger charge is 2.01. The molecule has 90 valence electrons. The molecule has 0 atom stereocenters. The summed E-state index contributed by atoms with van der Waals surface area (Å²) in [4.78, 5) is 21.5. The van der Waals surface area contributed by atoms with Crippen LogP contribution < -0.4 is 0 Å². The number of esters is 2. The van der Waals surface area contributed by atoms with Gasteiger partial charge in [0, 0.05) is 13.0 Å². The highest BCUT2D eigenvalue weighted by atomic mass is 16.5. The molecule has 0 unspecified atom stereocenters. The van der Waals surface area contributed by atoms with Crippen LogP contribution in [-0.2, 0) is 32.3 Å². The van der Waals surface area contributed by atoms with Gasteiger partial charge in [-0.25, -0.2) is 4.79 Å². The third-order valence-electron chi connectivity index (χ3n) is 1.98. The molecule has 0 bridgehead atoms. The molecule has 0 radical (unpaired) electrons. The van der Waals surface area contributed by atoms with Crippen LogP contribution in [0.1, 0.15) is 18.1 Å². The van der Waals surface area contributed by atoms with Crippen molar-refractivity contribution in [1.82, 2.24) is 0 Å². The van der Waals surface area contributed by atoms with Gasteiger partial charge >= 0.3 is 11.9 Å². The maximum atomic E-state index is 10.9. The number of hydrogen-bond acceptors (Lipinski definition) is 4. The zero-order valence-corrected chi connectivity index (χ0v) is 9.64. The molecule has 0 aliphatic carbocycles. The van der Waals surface area contributed by atoms with Crippen LogP contribution in [0.2, 0.25) is 0 Å². The summed E-state index contributed by atoms with van der Waals surface area (Å²) in [5.41, 5.74) is 1.69. The second-order valence-corrected chi connectivity index (χ2v) is 3.41. The Labute approximate surface area is 99.8 Å². The minimum Gasteiger partial charge on any atom is -0.461 e. The fourth-order valence-corrected chi connectivity index (χ4v) is 1.21. The van der Waals surface area contributed by atoms with E-state index in [-0.39, 0.29) is 19.2 Å². The molecule has 17 heavy (non-hydrogen) atoms. The van der Waals surface area contributed by atoms with Gasteiger partial charge in [0.1, 0.15) is 13.2 Å². The molecule has 0 heterocycles. The van der Waals surface area contributed by atoms with Crippen LogP contribution in [0.3, 0.4) is 0 Å². The Morgan fingerprint density at radius 3 is 2.35 bits per heavy atom. The molecular formula is C13H14O4. The Bertz CT molecular complexity index is 423. The molecule has 0 aliphatic rings. The molecule has 1 aromatic rings. The van der Waals surface area contributed by atoms with Crippen LogP contribution in [0.25, 0.3) is 0 Å². The maximum absolute atomic E-state index is 10.9. The molecule has 0 spiro atoms. The number of benzene rings is 1. The van der Waals surface area contributed by atoms with Crippen molar-refractivity contribution in [3.05, 3.63) is 48.0 Å². The minimum absolute atomic E-state index is 0.179. The van der Waals surface area contributed by atoms with Crippen LogP contribution in [0.5, 0.6) is 0 Å². The van der Waals surface area contributed by atoms with Crippen molar-refractivity contribution in [2.24, 2.45) is 0 Å². The smallest absolute Gasteiger partial charge is 0.330 e. The lowest BCUT2D eigenvalue weighted by Gasteiger charge is -2.05. The molecule has 0 N–H and O–H groups in total. The van der Waals surface area contributed by atoms with Gasteiger partial charge in [-0.3, -0.25) is 4.79 Å². The molecule has 4 nitrogen and oxygen atoms in total. The first-order chi connectivity index (χ1) is 8.11. The van der Waals surface area contributed by atoms with E-state index in [1.54, 1.807) is 0 Å². The molecule has 4 heteroatoms. The summed E-state index contributed by atoms with van der Waals surface area (Å²) < 4.78 is 9.76. The van der Waals surface area contributed by atoms with Crippen LogP contribution in [-0.4, -0.2) is 11.9 Å². The van der Waals surface area contributed by atoms with E-state index in [1.165, 1.54) is 6.92 Å².